The van der Waals surface area contributed by atoms with Crippen LogP contribution in [0.4, 0.5) is 11.4 Å². The highest BCUT2D eigenvalue weighted by Crippen LogP contribution is 2.25. The van der Waals surface area contributed by atoms with Crippen LogP contribution in [0.5, 0.6) is 11.5 Å². The van der Waals surface area contributed by atoms with Gasteiger partial charge in [0.25, 0.3) is 5.91 Å². The second-order valence-electron chi connectivity index (χ2n) is 7.49. The molecule has 1 unspecified atom stereocenters. The first-order valence-corrected chi connectivity index (χ1v) is 10.0. The highest BCUT2D eigenvalue weighted by molar-refractivity contribution is 6.03. The van der Waals surface area contributed by atoms with Gasteiger partial charge in [0.15, 0.2) is 0 Å². The van der Waals surface area contributed by atoms with Gasteiger partial charge in [-0.1, -0.05) is 25.1 Å². The fourth-order valence-electron chi connectivity index (χ4n) is 3.59. The number of nitrogens with one attached hydrogen (secondary N) is 1. The third-order valence-electron chi connectivity index (χ3n) is 5.09. The second kappa shape index (κ2) is 8.78. The molecule has 2 aromatic carbocycles. The normalized spacial score (nSPS) is 16.3. The molecular formula is C24H25N3O2. The summed E-state index contributed by atoms with van der Waals surface area (Å²) in [5, 5.41) is 2.91. The third kappa shape index (κ3) is 4.93. The Morgan fingerprint density at radius 1 is 1.07 bits per heavy atom. The quantitative estimate of drug-likeness (QED) is 0.640. The zero-order chi connectivity index (χ0) is 20.1. The van der Waals surface area contributed by atoms with Crippen molar-refractivity contribution in [1.82, 2.24) is 4.98 Å². The Kier molecular flexibility index (Phi) is 5.75. The van der Waals surface area contributed by atoms with Gasteiger partial charge >= 0.3 is 0 Å². The van der Waals surface area contributed by atoms with E-state index >= 15 is 0 Å². The Labute approximate surface area is 171 Å². The van der Waals surface area contributed by atoms with Crippen LogP contribution in [0.25, 0.3) is 0 Å². The average Bonchev–Trinajstić information content (AvgIpc) is 2.76. The first-order chi connectivity index (χ1) is 14.2. The smallest absolute Gasteiger partial charge is 0.274 e. The summed E-state index contributed by atoms with van der Waals surface area (Å²) in [5.74, 6) is 1.95. The van der Waals surface area contributed by atoms with Crippen molar-refractivity contribution < 1.29 is 9.53 Å². The van der Waals surface area contributed by atoms with E-state index < -0.39 is 0 Å². The molecular weight excluding hydrogens is 362 g/mol. The topological polar surface area (TPSA) is 54.5 Å². The molecule has 1 aliphatic heterocycles. The fourth-order valence-corrected chi connectivity index (χ4v) is 3.59. The molecule has 1 N–H and O–H groups in total. The molecule has 2 heterocycles. The molecule has 5 nitrogen and oxygen atoms in total. The third-order valence-corrected chi connectivity index (χ3v) is 5.09. The van der Waals surface area contributed by atoms with Crippen LogP contribution in [-0.2, 0) is 0 Å². The minimum absolute atomic E-state index is 0.214. The lowest BCUT2D eigenvalue weighted by Gasteiger charge is -2.32. The van der Waals surface area contributed by atoms with Crippen molar-refractivity contribution in [3.63, 3.8) is 0 Å². The van der Waals surface area contributed by atoms with E-state index in [9.17, 15) is 4.79 Å². The first-order valence-electron chi connectivity index (χ1n) is 10.0. The number of anilines is 2. The van der Waals surface area contributed by atoms with Crippen LogP contribution in [0.1, 0.15) is 30.3 Å². The highest BCUT2D eigenvalue weighted by atomic mass is 16.5. The Hall–Kier alpha value is -3.34. The number of aromatic nitrogens is 1. The molecule has 0 radical (unpaired) electrons. The zero-order valence-electron chi connectivity index (χ0n) is 16.5. The number of nitrogens with zero attached hydrogens (tertiary/aromatic N) is 2. The lowest BCUT2D eigenvalue weighted by Crippen LogP contribution is -2.34. The van der Waals surface area contributed by atoms with Gasteiger partial charge in [0.2, 0.25) is 0 Å². The van der Waals surface area contributed by atoms with Crippen LogP contribution in [0.2, 0.25) is 0 Å². The minimum Gasteiger partial charge on any atom is -0.457 e. The van der Waals surface area contributed by atoms with Gasteiger partial charge in [-0.05, 0) is 67.3 Å². The molecule has 4 rings (SSSR count). The van der Waals surface area contributed by atoms with E-state index in [0.717, 1.165) is 24.5 Å². The molecule has 1 fully saturated rings. The number of rotatable bonds is 5. The van der Waals surface area contributed by atoms with Crippen molar-refractivity contribution in [2.45, 2.75) is 19.8 Å². The van der Waals surface area contributed by atoms with Crippen molar-refractivity contribution in [2.75, 3.05) is 23.3 Å². The predicted octanol–water partition coefficient (Wildman–Crippen LogP) is 5.36. The molecule has 1 saturated heterocycles. The fraction of sp³-hybridized carbons (Fsp3) is 0.250. The highest BCUT2D eigenvalue weighted by Gasteiger charge is 2.18. The summed E-state index contributed by atoms with van der Waals surface area (Å²) in [6.45, 7) is 4.32. The molecule has 148 valence electrons. The number of para-hydroxylation sites is 1. The standard InChI is InChI=1S/C24H25N3O2/c1-18-6-5-15-27(17-18)20-13-14-25-23(16-20)24(28)26-19-9-11-22(12-10-19)29-21-7-3-2-4-8-21/h2-4,7-14,16,18H,5-6,15,17H2,1H3,(H,26,28). The molecule has 0 saturated carbocycles. The Morgan fingerprint density at radius 3 is 2.59 bits per heavy atom. The van der Waals surface area contributed by atoms with Crippen molar-refractivity contribution in [1.29, 1.82) is 0 Å². The van der Waals surface area contributed by atoms with Gasteiger partial charge in [0, 0.05) is 30.7 Å². The molecule has 5 heteroatoms. The first kappa shape index (κ1) is 19.0. The van der Waals surface area contributed by atoms with E-state index in [2.05, 4.69) is 22.1 Å². The monoisotopic (exact) mass is 387 g/mol. The number of benzene rings is 2. The number of carbonyl (C=O) groups is 1. The number of piperidine rings is 1. The number of hydrogen-bond acceptors (Lipinski definition) is 4. The van der Waals surface area contributed by atoms with Crippen molar-refractivity contribution in [3.05, 3.63) is 78.6 Å². The van der Waals surface area contributed by atoms with Crippen molar-refractivity contribution in [3.8, 4) is 11.5 Å². The molecule has 1 amide bonds. The van der Waals surface area contributed by atoms with Gasteiger partial charge in [-0.25, -0.2) is 0 Å². The van der Waals surface area contributed by atoms with E-state index in [1.165, 1.54) is 12.8 Å². The summed E-state index contributed by atoms with van der Waals surface area (Å²) in [6, 6.07) is 20.8. The molecule has 1 aromatic heterocycles. The summed E-state index contributed by atoms with van der Waals surface area (Å²) >= 11 is 0. The van der Waals surface area contributed by atoms with E-state index in [0.29, 0.717) is 23.0 Å². The molecule has 3 aromatic rings. The largest absolute Gasteiger partial charge is 0.457 e. The summed E-state index contributed by atoms with van der Waals surface area (Å²) in [4.78, 5) is 19.3. The Morgan fingerprint density at radius 2 is 1.83 bits per heavy atom. The van der Waals surface area contributed by atoms with E-state index in [-0.39, 0.29) is 5.91 Å². The predicted molar refractivity (Wildman–Crippen MR) is 116 cm³/mol. The zero-order valence-corrected chi connectivity index (χ0v) is 16.5. The van der Waals surface area contributed by atoms with Gasteiger partial charge in [-0.15, -0.1) is 0 Å². The van der Waals surface area contributed by atoms with Crippen LogP contribution in [-0.4, -0.2) is 24.0 Å². The molecule has 0 bridgehead atoms. The van der Waals surface area contributed by atoms with Gasteiger partial charge in [0.05, 0.1) is 0 Å². The summed E-state index contributed by atoms with van der Waals surface area (Å²) < 4.78 is 5.78. The molecule has 0 aliphatic carbocycles. The van der Waals surface area contributed by atoms with Gasteiger partial charge in [-0.3, -0.25) is 9.78 Å². The number of ether oxygens (including phenoxy) is 1. The maximum atomic E-state index is 12.7. The van der Waals surface area contributed by atoms with E-state index in [1.54, 1.807) is 6.20 Å². The maximum Gasteiger partial charge on any atom is 0.274 e. The van der Waals surface area contributed by atoms with Crippen molar-refractivity contribution >= 4 is 17.3 Å². The van der Waals surface area contributed by atoms with E-state index in [1.807, 2.05) is 66.7 Å². The Balaban J connectivity index is 1.41. The minimum atomic E-state index is -0.214. The van der Waals surface area contributed by atoms with Crippen LogP contribution in [0.3, 0.4) is 0 Å². The van der Waals surface area contributed by atoms with Crippen LogP contribution in [0, 0.1) is 5.92 Å². The molecule has 0 spiro atoms. The van der Waals surface area contributed by atoms with Crippen LogP contribution < -0.4 is 15.0 Å². The summed E-state index contributed by atoms with van der Waals surface area (Å²) in [7, 11) is 0. The average molecular weight is 387 g/mol. The number of hydrogen-bond donors (Lipinski definition) is 1. The number of pyridine rings is 1. The van der Waals surface area contributed by atoms with Gasteiger partial charge < -0.3 is 15.0 Å². The number of amides is 1. The Bertz CT molecular complexity index is 957. The second-order valence-corrected chi connectivity index (χ2v) is 7.49. The number of carbonyl (C=O) groups excluding carboxylic acids is 1. The van der Waals surface area contributed by atoms with Gasteiger partial charge in [0.1, 0.15) is 17.2 Å². The van der Waals surface area contributed by atoms with Crippen molar-refractivity contribution in [2.24, 2.45) is 5.92 Å². The maximum absolute atomic E-state index is 12.7. The summed E-state index contributed by atoms with van der Waals surface area (Å²) in [5.41, 5.74) is 2.18. The molecule has 1 aliphatic rings. The van der Waals surface area contributed by atoms with Crippen LogP contribution in [0.15, 0.2) is 72.9 Å². The van der Waals surface area contributed by atoms with Gasteiger partial charge in [-0.2, -0.15) is 0 Å². The van der Waals surface area contributed by atoms with Crippen LogP contribution >= 0.6 is 0 Å². The lowest BCUT2D eigenvalue weighted by atomic mass is 10.00. The molecule has 1 atom stereocenters. The van der Waals surface area contributed by atoms with E-state index in [4.69, 9.17) is 4.74 Å². The summed E-state index contributed by atoms with van der Waals surface area (Å²) in [6.07, 6.45) is 4.15. The lowest BCUT2D eigenvalue weighted by molar-refractivity contribution is 0.102. The molecule has 29 heavy (non-hydrogen) atoms. The SMILES string of the molecule is CC1CCCN(c2ccnc(C(=O)Nc3ccc(Oc4ccccc4)cc3)c2)C1.